The SMILES string of the molecule is N#Cc1ccc(N2C(=O)[C@@H]3C4CCC(CCO)(O4)[C@@H]3C2=O)c2ccccc12. The number of nitriles is 1. The summed E-state index contributed by atoms with van der Waals surface area (Å²) in [5.41, 5.74) is 0.301. The number of benzene rings is 2. The lowest BCUT2D eigenvalue weighted by atomic mass is 9.71. The molecular formula is C21H18N2O4. The minimum atomic E-state index is -0.728. The number of ether oxygens (including phenoxy) is 1. The molecule has 0 aromatic heterocycles. The summed E-state index contributed by atoms with van der Waals surface area (Å²) in [6, 6.07) is 12.8. The Morgan fingerprint density at radius 3 is 2.70 bits per heavy atom. The Bertz CT molecular complexity index is 1030. The van der Waals surface area contributed by atoms with Gasteiger partial charge in [0.25, 0.3) is 0 Å². The van der Waals surface area contributed by atoms with Gasteiger partial charge in [0.1, 0.15) is 0 Å². The summed E-state index contributed by atoms with van der Waals surface area (Å²) >= 11 is 0. The number of amides is 2. The van der Waals surface area contributed by atoms with Crippen LogP contribution in [0, 0.1) is 23.2 Å². The fourth-order valence-electron chi connectivity index (χ4n) is 5.25. The van der Waals surface area contributed by atoms with Crippen LogP contribution in [0.3, 0.4) is 0 Å². The first-order chi connectivity index (χ1) is 13.1. The molecule has 0 spiro atoms. The minimum Gasteiger partial charge on any atom is -0.396 e. The molecule has 2 aromatic rings. The molecule has 3 heterocycles. The van der Waals surface area contributed by atoms with Crippen LogP contribution in [-0.4, -0.2) is 35.2 Å². The topological polar surface area (TPSA) is 90.6 Å². The van der Waals surface area contributed by atoms with Crippen molar-refractivity contribution in [3.05, 3.63) is 42.0 Å². The second-order valence-electron chi connectivity index (χ2n) is 7.54. The third-order valence-corrected chi connectivity index (χ3v) is 6.35. The van der Waals surface area contributed by atoms with Gasteiger partial charge in [-0.1, -0.05) is 24.3 Å². The number of hydrogen-bond donors (Lipinski definition) is 1. The molecule has 2 bridgehead atoms. The average Bonchev–Trinajstić information content (AvgIpc) is 3.32. The lowest BCUT2D eigenvalue weighted by Gasteiger charge is -2.30. The van der Waals surface area contributed by atoms with Crippen LogP contribution in [0.15, 0.2) is 36.4 Å². The van der Waals surface area contributed by atoms with Gasteiger partial charge >= 0.3 is 0 Å². The molecule has 27 heavy (non-hydrogen) atoms. The van der Waals surface area contributed by atoms with Crippen molar-refractivity contribution in [2.24, 2.45) is 11.8 Å². The third kappa shape index (κ3) is 2.01. The first-order valence-electron chi connectivity index (χ1n) is 9.19. The first-order valence-corrected chi connectivity index (χ1v) is 9.19. The number of aliphatic hydroxyl groups excluding tert-OH is 1. The van der Waals surface area contributed by atoms with E-state index in [-0.39, 0.29) is 24.5 Å². The van der Waals surface area contributed by atoms with Gasteiger partial charge < -0.3 is 9.84 Å². The van der Waals surface area contributed by atoms with Crippen LogP contribution in [0.4, 0.5) is 5.69 Å². The standard InChI is InChI=1S/C21H18N2O4/c22-11-12-5-6-15(14-4-2-1-3-13(12)14)23-19(25)17-16-7-8-21(27-16,9-10-24)18(17)20(23)26/h1-6,16-18,24H,7-10H2/t16?,17-,18+,21?/m1/s1. The number of carbonyl (C=O) groups excluding carboxylic acids is 2. The van der Waals surface area contributed by atoms with Crippen molar-refractivity contribution >= 4 is 28.3 Å². The van der Waals surface area contributed by atoms with Crippen LogP contribution < -0.4 is 4.90 Å². The zero-order chi connectivity index (χ0) is 18.8. The molecule has 4 atom stereocenters. The lowest BCUT2D eigenvalue weighted by molar-refractivity contribution is -0.128. The van der Waals surface area contributed by atoms with E-state index in [1.54, 1.807) is 12.1 Å². The van der Waals surface area contributed by atoms with Gasteiger partial charge in [-0.2, -0.15) is 5.26 Å². The Morgan fingerprint density at radius 1 is 1.19 bits per heavy atom. The molecule has 2 aromatic carbocycles. The van der Waals surface area contributed by atoms with E-state index < -0.39 is 17.4 Å². The van der Waals surface area contributed by atoms with Gasteiger partial charge in [-0.25, -0.2) is 4.90 Å². The maximum Gasteiger partial charge on any atom is 0.240 e. The summed E-state index contributed by atoms with van der Waals surface area (Å²) in [6.45, 7) is -0.0722. The number of fused-ring (bicyclic) bond motifs is 6. The summed E-state index contributed by atoms with van der Waals surface area (Å²) in [5.74, 6) is -1.50. The van der Waals surface area contributed by atoms with E-state index in [2.05, 4.69) is 6.07 Å². The zero-order valence-electron chi connectivity index (χ0n) is 14.6. The van der Waals surface area contributed by atoms with E-state index in [1.807, 2.05) is 24.3 Å². The van der Waals surface area contributed by atoms with Crippen LogP contribution in [-0.2, 0) is 14.3 Å². The molecule has 2 unspecified atom stereocenters. The monoisotopic (exact) mass is 362 g/mol. The largest absolute Gasteiger partial charge is 0.396 e. The van der Waals surface area contributed by atoms with Gasteiger partial charge in [0.05, 0.1) is 40.9 Å². The first kappa shape index (κ1) is 16.4. The van der Waals surface area contributed by atoms with Crippen molar-refractivity contribution in [3.8, 4) is 6.07 Å². The number of nitrogens with zero attached hydrogens (tertiary/aromatic N) is 2. The molecule has 6 nitrogen and oxygen atoms in total. The molecule has 0 radical (unpaired) electrons. The summed E-state index contributed by atoms with van der Waals surface area (Å²) in [4.78, 5) is 27.9. The Balaban J connectivity index is 1.65. The van der Waals surface area contributed by atoms with Gasteiger partial charge in [0.2, 0.25) is 11.8 Å². The highest BCUT2D eigenvalue weighted by molar-refractivity contribution is 6.26. The van der Waals surface area contributed by atoms with Crippen molar-refractivity contribution in [2.75, 3.05) is 11.5 Å². The van der Waals surface area contributed by atoms with E-state index in [0.29, 0.717) is 29.5 Å². The van der Waals surface area contributed by atoms with Crippen LogP contribution >= 0.6 is 0 Å². The van der Waals surface area contributed by atoms with E-state index in [9.17, 15) is 20.0 Å². The highest BCUT2D eigenvalue weighted by atomic mass is 16.5. The zero-order valence-corrected chi connectivity index (χ0v) is 14.6. The van der Waals surface area contributed by atoms with Gasteiger partial charge in [-0.3, -0.25) is 9.59 Å². The molecule has 3 aliphatic heterocycles. The molecular weight excluding hydrogens is 344 g/mol. The number of carbonyl (C=O) groups is 2. The van der Waals surface area contributed by atoms with Crippen molar-refractivity contribution in [3.63, 3.8) is 0 Å². The highest BCUT2D eigenvalue weighted by Gasteiger charge is 2.69. The molecule has 0 saturated carbocycles. The summed E-state index contributed by atoms with van der Waals surface area (Å²) in [5, 5.41) is 20.3. The third-order valence-electron chi connectivity index (χ3n) is 6.35. The van der Waals surface area contributed by atoms with E-state index in [1.165, 1.54) is 4.90 Å². The molecule has 136 valence electrons. The number of hydrogen-bond acceptors (Lipinski definition) is 5. The number of imide groups is 1. The van der Waals surface area contributed by atoms with Crippen LogP contribution in [0.1, 0.15) is 24.8 Å². The molecule has 6 heteroatoms. The Morgan fingerprint density at radius 2 is 1.96 bits per heavy atom. The van der Waals surface area contributed by atoms with E-state index in [4.69, 9.17) is 4.74 Å². The summed E-state index contributed by atoms with van der Waals surface area (Å²) in [6.07, 6.45) is 1.54. The van der Waals surface area contributed by atoms with Crippen molar-refractivity contribution in [1.29, 1.82) is 5.26 Å². The smallest absolute Gasteiger partial charge is 0.240 e. The van der Waals surface area contributed by atoms with Crippen molar-refractivity contribution in [2.45, 2.75) is 31.0 Å². The van der Waals surface area contributed by atoms with Gasteiger partial charge in [-0.15, -0.1) is 0 Å². The summed E-state index contributed by atoms with van der Waals surface area (Å²) < 4.78 is 6.04. The Hall–Kier alpha value is -2.75. The Kier molecular flexibility index (Phi) is 3.42. The number of aliphatic hydroxyl groups is 1. The molecule has 1 N–H and O–H groups in total. The molecule has 0 aliphatic carbocycles. The fraction of sp³-hybridized carbons (Fsp3) is 0.381. The van der Waals surface area contributed by atoms with Gasteiger partial charge in [0.15, 0.2) is 0 Å². The quantitative estimate of drug-likeness (QED) is 0.845. The molecule has 3 saturated heterocycles. The average molecular weight is 362 g/mol. The normalized spacial score (nSPS) is 31.6. The highest BCUT2D eigenvalue weighted by Crippen LogP contribution is 2.57. The van der Waals surface area contributed by atoms with E-state index >= 15 is 0 Å². The van der Waals surface area contributed by atoms with Crippen molar-refractivity contribution < 1.29 is 19.4 Å². The number of anilines is 1. The predicted octanol–water partition coefficient (Wildman–Crippen LogP) is 2.13. The molecule has 3 aliphatic rings. The van der Waals surface area contributed by atoms with Gasteiger partial charge in [-0.05, 0) is 25.0 Å². The minimum absolute atomic E-state index is 0.0722. The lowest BCUT2D eigenvalue weighted by Crippen LogP contribution is -2.42. The molecule has 3 fully saturated rings. The van der Waals surface area contributed by atoms with Gasteiger partial charge in [0, 0.05) is 23.8 Å². The molecule has 5 rings (SSSR count). The maximum atomic E-state index is 13.3. The fourth-order valence-corrected chi connectivity index (χ4v) is 5.25. The predicted molar refractivity (Wildman–Crippen MR) is 96.7 cm³/mol. The van der Waals surface area contributed by atoms with Crippen LogP contribution in [0.5, 0.6) is 0 Å². The summed E-state index contributed by atoms with van der Waals surface area (Å²) in [7, 11) is 0. The van der Waals surface area contributed by atoms with E-state index in [0.717, 1.165) is 11.8 Å². The maximum absolute atomic E-state index is 13.3. The van der Waals surface area contributed by atoms with Crippen LogP contribution in [0.25, 0.3) is 10.8 Å². The Labute approximate surface area is 155 Å². The second kappa shape index (κ2) is 5.62. The molecule has 2 amide bonds. The second-order valence-corrected chi connectivity index (χ2v) is 7.54. The number of rotatable bonds is 3. The van der Waals surface area contributed by atoms with Crippen LogP contribution in [0.2, 0.25) is 0 Å². The van der Waals surface area contributed by atoms with Crippen molar-refractivity contribution in [1.82, 2.24) is 0 Å².